The Balaban J connectivity index is 3.06. The molecule has 0 spiro atoms. The van der Waals surface area contributed by atoms with E-state index < -0.39 is 6.10 Å². The number of hydrogen-bond acceptors (Lipinski definition) is 4. The summed E-state index contributed by atoms with van der Waals surface area (Å²) in [7, 11) is 1.45. The fourth-order valence-corrected chi connectivity index (χ4v) is 1.55. The van der Waals surface area contributed by atoms with Crippen LogP contribution in [0.25, 0.3) is 0 Å². The highest BCUT2D eigenvalue weighted by molar-refractivity contribution is 6.33. The van der Waals surface area contributed by atoms with Crippen molar-refractivity contribution in [1.29, 1.82) is 0 Å². The van der Waals surface area contributed by atoms with E-state index in [-0.39, 0.29) is 10.8 Å². The van der Waals surface area contributed by atoms with Crippen LogP contribution < -0.4 is 10.5 Å². The minimum Gasteiger partial charge on any atom is -0.506 e. The van der Waals surface area contributed by atoms with E-state index in [0.717, 1.165) is 0 Å². The van der Waals surface area contributed by atoms with Crippen LogP contribution in [0.5, 0.6) is 11.5 Å². The van der Waals surface area contributed by atoms with Crippen molar-refractivity contribution in [2.45, 2.75) is 12.5 Å². The monoisotopic (exact) mass is 231 g/mol. The van der Waals surface area contributed by atoms with Crippen molar-refractivity contribution in [1.82, 2.24) is 0 Å². The molecular formula is C10H14ClNO3. The highest BCUT2D eigenvalue weighted by Gasteiger charge is 2.16. The van der Waals surface area contributed by atoms with Crippen LogP contribution in [0.2, 0.25) is 5.02 Å². The summed E-state index contributed by atoms with van der Waals surface area (Å²) in [6.07, 6.45) is -0.436. The summed E-state index contributed by atoms with van der Waals surface area (Å²) < 4.78 is 4.92. The van der Waals surface area contributed by atoms with Gasteiger partial charge in [-0.2, -0.15) is 0 Å². The van der Waals surface area contributed by atoms with Gasteiger partial charge in [-0.15, -0.1) is 0 Å². The van der Waals surface area contributed by atoms with Gasteiger partial charge in [0.1, 0.15) is 16.5 Å². The van der Waals surface area contributed by atoms with Gasteiger partial charge >= 0.3 is 0 Å². The van der Waals surface area contributed by atoms with Crippen molar-refractivity contribution >= 4 is 11.6 Å². The lowest BCUT2D eigenvalue weighted by atomic mass is 10.1. The first-order chi connectivity index (χ1) is 7.11. The van der Waals surface area contributed by atoms with Crippen LogP contribution in [0.3, 0.4) is 0 Å². The first-order valence-corrected chi connectivity index (χ1v) is 4.93. The smallest absolute Gasteiger partial charge is 0.143 e. The van der Waals surface area contributed by atoms with Gasteiger partial charge in [-0.25, -0.2) is 0 Å². The second-order valence-electron chi connectivity index (χ2n) is 3.11. The first-order valence-electron chi connectivity index (χ1n) is 4.55. The maximum atomic E-state index is 9.69. The van der Waals surface area contributed by atoms with Crippen LogP contribution in [0.4, 0.5) is 0 Å². The van der Waals surface area contributed by atoms with E-state index in [0.29, 0.717) is 24.3 Å². The molecular weight excluding hydrogens is 218 g/mol. The minimum atomic E-state index is -0.807. The normalized spacial score (nSPS) is 12.5. The lowest BCUT2D eigenvalue weighted by Crippen LogP contribution is -2.07. The second-order valence-corrected chi connectivity index (χ2v) is 3.49. The number of halogens is 1. The molecule has 5 heteroatoms. The number of phenols is 1. The van der Waals surface area contributed by atoms with E-state index in [1.54, 1.807) is 12.1 Å². The fraction of sp³-hybridized carbons (Fsp3) is 0.400. The molecule has 0 aliphatic heterocycles. The molecule has 0 aliphatic carbocycles. The molecule has 15 heavy (non-hydrogen) atoms. The molecule has 4 nitrogen and oxygen atoms in total. The number of hydrogen-bond donors (Lipinski definition) is 3. The Hall–Kier alpha value is -0.970. The molecule has 0 radical (unpaired) electrons. The van der Waals surface area contributed by atoms with Crippen LogP contribution in [0, 0.1) is 0 Å². The largest absolute Gasteiger partial charge is 0.506 e. The third-order valence-corrected chi connectivity index (χ3v) is 2.50. The Kier molecular flexibility index (Phi) is 4.20. The Morgan fingerprint density at radius 2 is 2.20 bits per heavy atom. The average molecular weight is 232 g/mol. The molecule has 1 atom stereocenters. The van der Waals surface area contributed by atoms with Gasteiger partial charge in [0.15, 0.2) is 0 Å². The topological polar surface area (TPSA) is 75.7 Å². The predicted octanol–water partition coefficient (Wildman–Crippen LogP) is 1.44. The Labute approximate surface area is 93.2 Å². The number of phenolic OH excluding ortho intramolecular Hbond substituents is 1. The summed E-state index contributed by atoms with van der Waals surface area (Å²) in [5.74, 6) is 0.217. The summed E-state index contributed by atoms with van der Waals surface area (Å²) in [6, 6.07) is 3.16. The zero-order valence-corrected chi connectivity index (χ0v) is 9.16. The molecule has 1 unspecified atom stereocenters. The highest BCUT2D eigenvalue weighted by Crippen LogP contribution is 2.39. The van der Waals surface area contributed by atoms with Crippen LogP contribution in [-0.2, 0) is 0 Å². The number of nitrogens with two attached hydrogens (primary N) is 1. The molecule has 0 amide bonds. The van der Waals surface area contributed by atoms with Gasteiger partial charge in [-0.3, -0.25) is 0 Å². The molecule has 1 aromatic carbocycles. The van der Waals surface area contributed by atoms with E-state index in [1.807, 2.05) is 0 Å². The molecule has 0 saturated heterocycles. The van der Waals surface area contributed by atoms with Crippen molar-refractivity contribution in [2.24, 2.45) is 5.73 Å². The molecule has 0 fully saturated rings. The van der Waals surface area contributed by atoms with Crippen LogP contribution in [0.1, 0.15) is 18.1 Å². The standard InChI is InChI=1S/C10H14ClNO3/c1-15-8-3-2-6(7(13)4-5-12)10(14)9(8)11/h2-3,7,13-14H,4-5,12H2,1H3. The van der Waals surface area contributed by atoms with Crippen molar-refractivity contribution < 1.29 is 14.9 Å². The van der Waals surface area contributed by atoms with Crippen LogP contribution >= 0.6 is 11.6 Å². The SMILES string of the molecule is COc1ccc(C(O)CCN)c(O)c1Cl. The molecule has 0 aliphatic rings. The van der Waals surface area contributed by atoms with E-state index in [2.05, 4.69) is 0 Å². The van der Waals surface area contributed by atoms with Gasteiger partial charge in [-0.1, -0.05) is 11.6 Å². The highest BCUT2D eigenvalue weighted by atomic mass is 35.5. The average Bonchev–Trinajstić information content (AvgIpc) is 2.22. The zero-order valence-electron chi connectivity index (χ0n) is 8.40. The maximum Gasteiger partial charge on any atom is 0.143 e. The third-order valence-electron chi connectivity index (χ3n) is 2.13. The van der Waals surface area contributed by atoms with E-state index >= 15 is 0 Å². The molecule has 1 aromatic rings. The quantitative estimate of drug-likeness (QED) is 0.733. The fourth-order valence-electron chi connectivity index (χ4n) is 1.30. The maximum absolute atomic E-state index is 9.69. The summed E-state index contributed by atoms with van der Waals surface area (Å²) >= 11 is 5.83. The number of ether oxygens (including phenoxy) is 1. The van der Waals surface area contributed by atoms with Crippen molar-refractivity contribution in [3.63, 3.8) is 0 Å². The zero-order chi connectivity index (χ0) is 11.4. The Bertz CT molecular complexity index is 344. The predicted molar refractivity (Wildman–Crippen MR) is 58.3 cm³/mol. The summed E-state index contributed by atoms with van der Waals surface area (Å²) in [5.41, 5.74) is 5.68. The minimum absolute atomic E-state index is 0.103. The van der Waals surface area contributed by atoms with E-state index in [1.165, 1.54) is 7.11 Å². The second kappa shape index (κ2) is 5.21. The lowest BCUT2D eigenvalue weighted by Gasteiger charge is -2.14. The van der Waals surface area contributed by atoms with E-state index in [9.17, 15) is 10.2 Å². The van der Waals surface area contributed by atoms with Gasteiger partial charge in [-0.05, 0) is 25.1 Å². The Morgan fingerprint density at radius 1 is 1.53 bits per heavy atom. The summed E-state index contributed by atoms with van der Waals surface area (Å²) in [6.45, 7) is 0.338. The van der Waals surface area contributed by atoms with Gasteiger partial charge in [0, 0.05) is 5.56 Å². The first kappa shape index (κ1) is 12.1. The molecule has 84 valence electrons. The molecule has 0 saturated carbocycles. The van der Waals surface area contributed by atoms with Crippen LogP contribution in [0.15, 0.2) is 12.1 Å². The van der Waals surface area contributed by atoms with Crippen molar-refractivity contribution in [3.05, 3.63) is 22.7 Å². The Morgan fingerprint density at radius 3 is 2.73 bits per heavy atom. The number of benzene rings is 1. The van der Waals surface area contributed by atoms with Gasteiger partial charge in [0.2, 0.25) is 0 Å². The van der Waals surface area contributed by atoms with Gasteiger partial charge in [0.25, 0.3) is 0 Å². The molecule has 0 aromatic heterocycles. The van der Waals surface area contributed by atoms with Crippen molar-refractivity contribution in [2.75, 3.05) is 13.7 Å². The van der Waals surface area contributed by atoms with E-state index in [4.69, 9.17) is 22.1 Å². The molecule has 4 N–H and O–H groups in total. The molecule has 0 heterocycles. The molecule has 1 rings (SSSR count). The number of aliphatic hydroxyl groups is 1. The summed E-state index contributed by atoms with van der Waals surface area (Å²) in [5, 5.41) is 19.4. The number of methoxy groups -OCH3 is 1. The molecule has 0 bridgehead atoms. The van der Waals surface area contributed by atoms with Crippen molar-refractivity contribution in [3.8, 4) is 11.5 Å². The third kappa shape index (κ3) is 2.53. The summed E-state index contributed by atoms with van der Waals surface area (Å²) in [4.78, 5) is 0. The van der Waals surface area contributed by atoms with Gasteiger partial charge < -0.3 is 20.7 Å². The number of rotatable bonds is 4. The van der Waals surface area contributed by atoms with Gasteiger partial charge in [0.05, 0.1) is 13.2 Å². The lowest BCUT2D eigenvalue weighted by molar-refractivity contribution is 0.166. The number of aliphatic hydroxyl groups excluding tert-OH is 1. The van der Waals surface area contributed by atoms with Crippen LogP contribution in [-0.4, -0.2) is 23.9 Å². The number of aromatic hydroxyl groups is 1.